The standard InChI is InChI=1S/C28H32N2O5/c1-21-14-15-24(35-21)19-29(17-22-9-4-3-5-10-22)27(31)20-30(18-23-11-8-16-34-23)28(32)25-12-6-7-13-26(25)33-2/h3-7,9-10,12-15,23H,8,11,16-20H2,1-2H3. The number of aryl methyl sites for hydroxylation is 1. The first-order valence-corrected chi connectivity index (χ1v) is 11.9. The Bertz CT molecular complexity index is 1120. The summed E-state index contributed by atoms with van der Waals surface area (Å²) < 4.78 is 17.0. The number of carbonyl (C=O) groups excluding carboxylic acids is 2. The van der Waals surface area contributed by atoms with Crippen LogP contribution in [0.15, 0.2) is 71.1 Å². The third kappa shape index (κ3) is 6.51. The van der Waals surface area contributed by atoms with Crippen LogP contribution >= 0.6 is 0 Å². The zero-order valence-corrected chi connectivity index (χ0v) is 20.3. The highest BCUT2D eigenvalue weighted by Gasteiger charge is 2.28. The van der Waals surface area contributed by atoms with E-state index in [4.69, 9.17) is 13.9 Å². The Kier molecular flexibility index (Phi) is 8.21. The molecule has 1 aliphatic heterocycles. The average molecular weight is 477 g/mol. The molecular weight excluding hydrogens is 444 g/mol. The molecule has 2 heterocycles. The highest BCUT2D eigenvalue weighted by molar-refractivity contribution is 5.98. The summed E-state index contributed by atoms with van der Waals surface area (Å²) >= 11 is 0. The first kappa shape index (κ1) is 24.5. The molecule has 0 N–H and O–H groups in total. The molecule has 7 nitrogen and oxygen atoms in total. The van der Waals surface area contributed by atoms with Crippen molar-refractivity contribution in [2.24, 2.45) is 0 Å². The van der Waals surface area contributed by atoms with Gasteiger partial charge in [-0.15, -0.1) is 0 Å². The van der Waals surface area contributed by atoms with Crippen LogP contribution in [0.3, 0.4) is 0 Å². The smallest absolute Gasteiger partial charge is 0.258 e. The molecule has 1 atom stereocenters. The maximum atomic E-state index is 13.7. The van der Waals surface area contributed by atoms with Crippen LogP contribution in [-0.2, 0) is 22.6 Å². The first-order chi connectivity index (χ1) is 17.0. The molecule has 0 aliphatic carbocycles. The first-order valence-electron chi connectivity index (χ1n) is 11.9. The van der Waals surface area contributed by atoms with Gasteiger partial charge in [-0.05, 0) is 49.6 Å². The molecule has 1 saturated heterocycles. The number of furan rings is 1. The number of ether oxygens (including phenoxy) is 2. The fraction of sp³-hybridized carbons (Fsp3) is 0.357. The largest absolute Gasteiger partial charge is 0.496 e. The molecule has 35 heavy (non-hydrogen) atoms. The van der Waals surface area contributed by atoms with Crippen LogP contribution in [0.4, 0.5) is 0 Å². The van der Waals surface area contributed by atoms with Gasteiger partial charge in [0.15, 0.2) is 0 Å². The minimum Gasteiger partial charge on any atom is -0.496 e. The summed E-state index contributed by atoms with van der Waals surface area (Å²) in [4.78, 5) is 30.6. The van der Waals surface area contributed by atoms with Crippen molar-refractivity contribution in [3.05, 3.63) is 89.4 Å². The summed E-state index contributed by atoms with van der Waals surface area (Å²) in [7, 11) is 1.54. The lowest BCUT2D eigenvalue weighted by atomic mass is 10.1. The normalized spacial score (nSPS) is 15.1. The summed E-state index contributed by atoms with van der Waals surface area (Å²) in [5.74, 6) is 1.56. The number of amides is 2. The molecule has 0 saturated carbocycles. The van der Waals surface area contributed by atoms with E-state index in [1.165, 1.54) is 7.11 Å². The molecule has 1 aliphatic rings. The maximum absolute atomic E-state index is 13.7. The Balaban J connectivity index is 1.57. The molecule has 2 aromatic carbocycles. The Hall–Kier alpha value is -3.58. The van der Waals surface area contributed by atoms with Gasteiger partial charge >= 0.3 is 0 Å². The molecule has 4 rings (SSSR count). The molecule has 184 valence electrons. The Morgan fingerprint density at radius 1 is 0.971 bits per heavy atom. The van der Waals surface area contributed by atoms with E-state index in [0.717, 1.165) is 24.2 Å². The molecule has 0 bridgehead atoms. The number of methoxy groups -OCH3 is 1. The van der Waals surface area contributed by atoms with Crippen LogP contribution in [0.25, 0.3) is 0 Å². The quantitative estimate of drug-likeness (QED) is 0.432. The van der Waals surface area contributed by atoms with E-state index < -0.39 is 0 Å². The second kappa shape index (κ2) is 11.7. The van der Waals surface area contributed by atoms with Crippen molar-refractivity contribution in [3.8, 4) is 5.75 Å². The van der Waals surface area contributed by atoms with Crippen LogP contribution in [0.1, 0.15) is 40.3 Å². The second-order valence-electron chi connectivity index (χ2n) is 8.77. The Morgan fingerprint density at radius 3 is 2.43 bits per heavy atom. The lowest BCUT2D eigenvalue weighted by molar-refractivity contribution is -0.133. The molecule has 3 aromatic rings. The van der Waals surface area contributed by atoms with Crippen LogP contribution in [0, 0.1) is 6.92 Å². The molecule has 2 amide bonds. The summed E-state index contributed by atoms with van der Waals surface area (Å²) in [6.07, 6.45) is 1.73. The Morgan fingerprint density at radius 2 is 1.74 bits per heavy atom. The van der Waals surface area contributed by atoms with E-state index in [0.29, 0.717) is 43.3 Å². The number of carbonyl (C=O) groups is 2. The number of hydrogen-bond donors (Lipinski definition) is 0. The van der Waals surface area contributed by atoms with Gasteiger partial charge < -0.3 is 23.7 Å². The van der Waals surface area contributed by atoms with Gasteiger partial charge in [0.25, 0.3) is 5.91 Å². The van der Waals surface area contributed by atoms with Gasteiger partial charge in [-0.2, -0.15) is 0 Å². The monoisotopic (exact) mass is 476 g/mol. The lowest BCUT2D eigenvalue weighted by Gasteiger charge is -2.29. The number of benzene rings is 2. The van der Waals surface area contributed by atoms with Crippen LogP contribution < -0.4 is 4.74 Å². The van der Waals surface area contributed by atoms with Crippen LogP contribution in [0.2, 0.25) is 0 Å². The zero-order chi connectivity index (χ0) is 24.6. The van der Waals surface area contributed by atoms with Crippen molar-refractivity contribution in [3.63, 3.8) is 0 Å². The predicted octanol–water partition coefficient (Wildman–Crippen LogP) is 4.45. The number of nitrogens with zero attached hydrogens (tertiary/aromatic N) is 2. The van der Waals surface area contributed by atoms with E-state index in [-0.39, 0.29) is 24.5 Å². The third-order valence-corrected chi connectivity index (χ3v) is 6.11. The summed E-state index contributed by atoms with van der Waals surface area (Å²) in [5.41, 5.74) is 1.43. The number of hydrogen-bond acceptors (Lipinski definition) is 5. The molecule has 1 unspecified atom stereocenters. The maximum Gasteiger partial charge on any atom is 0.258 e. The minimum absolute atomic E-state index is 0.0662. The highest BCUT2D eigenvalue weighted by Crippen LogP contribution is 2.22. The minimum atomic E-state index is -0.250. The van der Waals surface area contributed by atoms with Gasteiger partial charge in [-0.25, -0.2) is 0 Å². The van der Waals surface area contributed by atoms with Crippen molar-refractivity contribution >= 4 is 11.8 Å². The number of para-hydroxylation sites is 1. The van der Waals surface area contributed by atoms with E-state index in [2.05, 4.69) is 0 Å². The van der Waals surface area contributed by atoms with E-state index in [9.17, 15) is 9.59 Å². The Labute approximate surface area is 206 Å². The van der Waals surface area contributed by atoms with E-state index >= 15 is 0 Å². The molecule has 0 radical (unpaired) electrons. The number of rotatable bonds is 10. The molecule has 1 fully saturated rings. The van der Waals surface area contributed by atoms with Crippen molar-refractivity contribution in [2.45, 2.75) is 39.0 Å². The fourth-order valence-corrected chi connectivity index (χ4v) is 4.30. The van der Waals surface area contributed by atoms with Crippen molar-refractivity contribution in [2.75, 3.05) is 26.8 Å². The van der Waals surface area contributed by atoms with Gasteiger partial charge in [0.2, 0.25) is 5.91 Å². The van der Waals surface area contributed by atoms with Crippen molar-refractivity contribution < 1.29 is 23.5 Å². The van der Waals surface area contributed by atoms with Crippen LogP contribution in [0.5, 0.6) is 5.75 Å². The van der Waals surface area contributed by atoms with Gasteiger partial charge in [-0.3, -0.25) is 9.59 Å². The highest BCUT2D eigenvalue weighted by atomic mass is 16.5. The molecule has 0 spiro atoms. The van der Waals surface area contributed by atoms with E-state index in [1.807, 2.05) is 55.5 Å². The predicted molar refractivity (Wildman–Crippen MR) is 132 cm³/mol. The average Bonchev–Trinajstić information content (AvgIpc) is 3.54. The third-order valence-electron chi connectivity index (χ3n) is 6.11. The lowest BCUT2D eigenvalue weighted by Crippen LogP contribution is -2.45. The zero-order valence-electron chi connectivity index (χ0n) is 20.3. The van der Waals surface area contributed by atoms with Crippen molar-refractivity contribution in [1.82, 2.24) is 9.80 Å². The van der Waals surface area contributed by atoms with Crippen LogP contribution in [-0.4, -0.2) is 54.5 Å². The van der Waals surface area contributed by atoms with Gasteiger partial charge in [0, 0.05) is 19.7 Å². The second-order valence-corrected chi connectivity index (χ2v) is 8.77. The summed E-state index contributed by atoms with van der Waals surface area (Å²) in [6, 6.07) is 20.7. The fourth-order valence-electron chi connectivity index (χ4n) is 4.30. The molecule has 7 heteroatoms. The molecular formula is C28H32N2O5. The molecule has 1 aromatic heterocycles. The summed E-state index contributed by atoms with van der Waals surface area (Å²) in [6.45, 7) is 3.56. The van der Waals surface area contributed by atoms with Gasteiger partial charge in [0.1, 0.15) is 23.8 Å². The topological polar surface area (TPSA) is 72.2 Å². The van der Waals surface area contributed by atoms with E-state index in [1.54, 1.807) is 28.0 Å². The van der Waals surface area contributed by atoms with Gasteiger partial charge in [0.05, 0.1) is 25.3 Å². The van der Waals surface area contributed by atoms with Crippen molar-refractivity contribution in [1.29, 1.82) is 0 Å². The summed E-state index contributed by atoms with van der Waals surface area (Å²) in [5, 5.41) is 0. The van der Waals surface area contributed by atoms with Gasteiger partial charge in [-0.1, -0.05) is 42.5 Å². The SMILES string of the molecule is COc1ccccc1C(=O)N(CC(=O)N(Cc1ccccc1)Cc1ccc(C)o1)CC1CCCO1.